The van der Waals surface area contributed by atoms with Gasteiger partial charge < -0.3 is 14.4 Å². The summed E-state index contributed by atoms with van der Waals surface area (Å²) in [7, 11) is 1.50. The van der Waals surface area contributed by atoms with E-state index >= 15 is 0 Å². The minimum atomic E-state index is -0.953. The van der Waals surface area contributed by atoms with Crippen molar-refractivity contribution in [3.63, 3.8) is 0 Å². The normalized spacial score (nSPS) is 13.4. The predicted molar refractivity (Wildman–Crippen MR) is 114 cm³/mol. The average Bonchev–Trinajstić information content (AvgIpc) is 3.04. The molecule has 2 aromatic heterocycles. The number of benzene rings is 1. The van der Waals surface area contributed by atoms with Crippen molar-refractivity contribution in [3.05, 3.63) is 50.7 Å². The zero-order chi connectivity index (χ0) is 22.0. The molecule has 2 atom stereocenters. The van der Waals surface area contributed by atoms with E-state index in [1.54, 1.807) is 6.92 Å². The van der Waals surface area contributed by atoms with E-state index in [-0.39, 0.29) is 30.1 Å². The first-order valence-electron chi connectivity index (χ1n) is 9.42. The van der Waals surface area contributed by atoms with Crippen molar-refractivity contribution in [2.24, 2.45) is 7.05 Å². The van der Waals surface area contributed by atoms with E-state index in [9.17, 15) is 19.5 Å². The number of aliphatic hydroxyl groups is 1. The van der Waals surface area contributed by atoms with Gasteiger partial charge in [0.2, 0.25) is 0 Å². The number of carbonyl (C=O) groups is 1. The van der Waals surface area contributed by atoms with Crippen LogP contribution >= 0.6 is 11.8 Å². The van der Waals surface area contributed by atoms with Crippen LogP contribution in [-0.2, 0) is 18.4 Å². The van der Waals surface area contributed by atoms with Gasteiger partial charge in [-0.25, -0.2) is 9.78 Å². The van der Waals surface area contributed by atoms with Crippen molar-refractivity contribution in [2.45, 2.75) is 43.8 Å². The molecule has 3 rings (SSSR count). The second-order valence-electron chi connectivity index (χ2n) is 7.10. The fourth-order valence-corrected chi connectivity index (χ4v) is 3.80. The quantitative estimate of drug-likeness (QED) is 0.514. The molecule has 0 spiro atoms. The van der Waals surface area contributed by atoms with Crippen LogP contribution in [0.2, 0.25) is 0 Å². The number of nitrogens with one attached hydrogen (secondary N) is 1. The van der Waals surface area contributed by atoms with E-state index in [1.807, 2.05) is 31.2 Å². The Morgan fingerprint density at radius 1 is 1.33 bits per heavy atom. The molecule has 2 heterocycles. The number of nitrogens with zero attached hydrogens (tertiary/aromatic N) is 3. The third-order valence-electron chi connectivity index (χ3n) is 4.74. The number of H-pyrrole nitrogens is 1. The number of ether oxygens (including phenoxy) is 1. The number of rotatable bonds is 8. The van der Waals surface area contributed by atoms with E-state index in [2.05, 4.69) is 9.97 Å². The number of thioether (sulfide) groups is 1. The van der Waals surface area contributed by atoms with Crippen LogP contribution in [-0.4, -0.2) is 48.0 Å². The second kappa shape index (κ2) is 8.88. The third-order valence-corrected chi connectivity index (χ3v) is 5.95. The highest BCUT2D eigenvalue weighted by molar-refractivity contribution is 8.00. The summed E-state index contributed by atoms with van der Waals surface area (Å²) in [5.74, 6) is 0.608. The molecular formula is C20H24N4O5S. The number of aromatic nitrogens is 4. The minimum absolute atomic E-state index is 0.000560. The van der Waals surface area contributed by atoms with E-state index in [4.69, 9.17) is 4.74 Å². The van der Waals surface area contributed by atoms with Gasteiger partial charge >= 0.3 is 5.69 Å². The first kappa shape index (κ1) is 21.8. The lowest BCUT2D eigenvalue weighted by atomic mass is 10.2. The summed E-state index contributed by atoms with van der Waals surface area (Å²) in [4.78, 5) is 42.8. The first-order chi connectivity index (χ1) is 14.2. The van der Waals surface area contributed by atoms with Crippen molar-refractivity contribution in [3.8, 4) is 5.75 Å². The molecule has 0 saturated carbocycles. The lowest BCUT2D eigenvalue weighted by molar-refractivity contribution is -0.116. The molecular weight excluding hydrogens is 408 g/mol. The molecule has 0 radical (unpaired) electrons. The SMILES string of the molecule is CC(=O)[C@H](C)Sc1nc2c(c(=O)[nH]c(=O)n2C)n1C[C@@H](O)COc1ccccc1C. The van der Waals surface area contributed by atoms with E-state index in [1.165, 1.54) is 34.9 Å². The maximum atomic E-state index is 12.5. The zero-order valence-corrected chi connectivity index (χ0v) is 18.0. The molecule has 0 aliphatic carbocycles. The Morgan fingerprint density at radius 3 is 2.70 bits per heavy atom. The maximum absolute atomic E-state index is 12.5. The van der Waals surface area contributed by atoms with E-state index in [0.29, 0.717) is 10.9 Å². The summed E-state index contributed by atoms with van der Waals surface area (Å²) in [5.41, 5.74) is 0.0989. The number of imidazole rings is 1. The highest BCUT2D eigenvalue weighted by atomic mass is 32.2. The van der Waals surface area contributed by atoms with Crippen LogP contribution in [0.15, 0.2) is 39.0 Å². The van der Waals surface area contributed by atoms with Gasteiger partial charge in [0.05, 0.1) is 11.8 Å². The number of aryl methyl sites for hydroxylation is 2. The number of para-hydroxylation sites is 1. The molecule has 30 heavy (non-hydrogen) atoms. The lowest BCUT2D eigenvalue weighted by Crippen LogP contribution is -2.30. The van der Waals surface area contributed by atoms with Gasteiger partial charge in [0.25, 0.3) is 5.56 Å². The number of ketones is 1. The van der Waals surface area contributed by atoms with E-state index < -0.39 is 22.6 Å². The fraction of sp³-hybridized carbons (Fsp3) is 0.400. The Labute approximate surface area is 176 Å². The van der Waals surface area contributed by atoms with Crippen molar-refractivity contribution in [2.75, 3.05) is 6.61 Å². The average molecular weight is 433 g/mol. The Balaban J connectivity index is 1.95. The molecule has 10 heteroatoms. The van der Waals surface area contributed by atoms with Crippen LogP contribution < -0.4 is 16.0 Å². The first-order valence-corrected chi connectivity index (χ1v) is 10.3. The molecule has 1 aromatic carbocycles. The number of fused-ring (bicyclic) bond motifs is 1. The molecule has 160 valence electrons. The molecule has 0 aliphatic heterocycles. The van der Waals surface area contributed by atoms with Gasteiger partial charge in [-0.15, -0.1) is 0 Å². The van der Waals surface area contributed by atoms with Gasteiger partial charge in [0.15, 0.2) is 16.3 Å². The number of aromatic amines is 1. The molecule has 0 fully saturated rings. The number of hydrogen-bond donors (Lipinski definition) is 2. The molecule has 0 saturated heterocycles. The van der Waals surface area contributed by atoms with Crippen LogP contribution in [0.5, 0.6) is 5.75 Å². The number of Topliss-reactive ketones (excluding diaryl/α,β-unsaturated/α-hetero) is 1. The summed E-state index contributed by atoms with van der Waals surface area (Å²) in [6.45, 7) is 5.12. The molecule has 3 aromatic rings. The highest BCUT2D eigenvalue weighted by Gasteiger charge is 2.22. The van der Waals surface area contributed by atoms with Gasteiger partial charge in [0.1, 0.15) is 24.2 Å². The van der Waals surface area contributed by atoms with Crippen LogP contribution in [0, 0.1) is 6.92 Å². The monoisotopic (exact) mass is 432 g/mol. The molecule has 9 nitrogen and oxygen atoms in total. The highest BCUT2D eigenvalue weighted by Crippen LogP contribution is 2.26. The summed E-state index contributed by atoms with van der Waals surface area (Å²) < 4.78 is 8.47. The third kappa shape index (κ3) is 4.49. The zero-order valence-electron chi connectivity index (χ0n) is 17.2. The molecule has 2 N–H and O–H groups in total. The number of aliphatic hydroxyl groups excluding tert-OH is 1. The molecule has 0 aliphatic rings. The Morgan fingerprint density at radius 2 is 2.03 bits per heavy atom. The van der Waals surface area contributed by atoms with Crippen LogP contribution in [0.1, 0.15) is 19.4 Å². The Hall–Kier alpha value is -2.85. The summed E-state index contributed by atoms with van der Waals surface area (Å²) >= 11 is 1.17. The Bertz CT molecular complexity index is 1200. The van der Waals surface area contributed by atoms with Crippen molar-refractivity contribution < 1.29 is 14.6 Å². The van der Waals surface area contributed by atoms with E-state index in [0.717, 1.165) is 5.56 Å². The fourth-order valence-electron chi connectivity index (χ4n) is 2.88. The van der Waals surface area contributed by atoms with Crippen LogP contribution in [0.25, 0.3) is 11.2 Å². The number of carbonyl (C=O) groups excluding carboxylic acids is 1. The molecule has 0 unspecified atom stereocenters. The van der Waals surface area contributed by atoms with Gasteiger partial charge in [0, 0.05) is 7.05 Å². The lowest BCUT2D eigenvalue weighted by Gasteiger charge is -2.16. The van der Waals surface area contributed by atoms with Gasteiger partial charge in [-0.1, -0.05) is 30.0 Å². The predicted octanol–water partition coefficient (Wildman–Crippen LogP) is 1.24. The van der Waals surface area contributed by atoms with Crippen LogP contribution in [0.4, 0.5) is 0 Å². The van der Waals surface area contributed by atoms with Gasteiger partial charge in [-0.05, 0) is 32.4 Å². The summed E-state index contributed by atoms with van der Waals surface area (Å²) in [6.07, 6.45) is -0.953. The summed E-state index contributed by atoms with van der Waals surface area (Å²) in [6, 6.07) is 7.45. The van der Waals surface area contributed by atoms with Gasteiger partial charge in [-0.3, -0.25) is 19.1 Å². The summed E-state index contributed by atoms with van der Waals surface area (Å²) in [5, 5.41) is 10.5. The van der Waals surface area contributed by atoms with Crippen molar-refractivity contribution in [1.29, 1.82) is 0 Å². The maximum Gasteiger partial charge on any atom is 0.329 e. The van der Waals surface area contributed by atoms with Crippen molar-refractivity contribution >= 4 is 28.7 Å². The largest absolute Gasteiger partial charge is 0.491 e. The smallest absolute Gasteiger partial charge is 0.329 e. The van der Waals surface area contributed by atoms with Gasteiger partial charge in [-0.2, -0.15) is 0 Å². The molecule has 0 bridgehead atoms. The minimum Gasteiger partial charge on any atom is -0.491 e. The van der Waals surface area contributed by atoms with Crippen LogP contribution in [0.3, 0.4) is 0 Å². The second-order valence-corrected chi connectivity index (χ2v) is 8.40. The Kier molecular flexibility index (Phi) is 6.47. The molecule has 0 amide bonds. The number of hydrogen-bond acceptors (Lipinski definition) is 7. The standard InChI is InChI=1S/C20H24N4O5S/c1-11-7-5-6-8-15(11)29-10-14(26)9-24-16-17(23(4)19(28)22-18(16)27)21-20(24)30-13(3)12(2)25/h5-8,13-14,26H,9-10H2,1-4H3,(H,22,27,28)/t13-,14+/m0/s1. The van der Waals surface area contributed by atoms with Crippen molar-refractivity contribution in [1.82, 2.24) is 19.1 Å². The topological polar surface area (TPSA) is 119 Å².